The number of rotatable bonds is 2. The number of methoxy groups -OCH3 is 1. The van der Waals surface area contributed by atoms with Crippen LogP contribution < -0.4 is 10.2 Å². The van der Waals surface area contributed by atoms with Gasteiger partial charge in [0.05, 0.1) is 12.5 Å². The minimum absolute atomic E-state index is 0.242. The van der Waals surface area contributed by atoms with Gasteiger partial charge in [-0.25, -0.2) is 4.79 Å². The van der Waals surface area contributed by atoms with E-state index in [1.807, 2.05) is 0 Å². The number of ether oxygens (including phenoxy) is 1. The number of carboxylic acid groups (broad SMARTS) is 1. The lowest BCUT2D eigenvalue weighted by Gasteiger charge is -2.04. The highest BCUT2D eigenvalue weighted by Gasteiger charge is 2.14. The average Bonchev–Trinajstić information content (AvgIpc) is 2.28. The maximum absolute atomic E-state index is 11.7. The summed E-state index contributed by atoms with van der Waals surface area (Å²) in [6, 6.07) is 4.78. The SMILES string of the molecule is COc1cccc2c(=O)c(C(=O)O)n[nH]c12. The number of hydrogen-bond acceptors (Lipinski definition) is 4. The Kier molecular flexibility index (Phi) is 2.32. The van der Waals surface area contributed by atoms with Gasteiger partial charge in [-0.15, -0.1) is 0 Å². The fourth-order valence-corrected chi connectivity index (χ4v) is 1.44. The molecule has 0 bridgehead atoms. The molecule has 6 heteroatoms. The third-order valence-corrected chi connectivity index (χ3v) is 2.19. The van der Waals surface area contributed by atoms with Crippen LogP contribution in [0, 0.1) is 0 Å². The van der Waals surface area contributed by atoms with Gasteiger partial charge < -0.3 is 9.84 Å². The van der Waals surface area contributed by atoms with Crippen molar-refractivity contribution in [3.05, 3.63) is 34.1 Å². The van der Waals surface area contributed by atoms with Crippen LogP contribution >= 0.6 is 0 Å². The molecular weight excluding hydrogens is 212 g/mol. The zero-order valence-electron chi connectivity index (χ0n) is 8.35. The Hall–Kier alpha value is -2.37. The summed E-state index contributed by atoms with van der Waals surface area (Å²) in [7, 11) is 1.46. The van der Waals surface area contributed by atoms with Gasteiger partial charge in [0.2, 0.25) is 11.1 Å². The van der Waals surface area contributed by atoms with Crippen molar-refractivity contribution in [2.24, 2.45) is 0 Å². The Labute approximate surface area is 89.5 Å². The number of aromatic nitrogens is 2. The summed E-state index contributed by atoms with van der Waals surface area (Å²) in [5.74, 6) is -0.912. The zero-order chi connectivity index (χ0) is 11.7. The van der Waals surface area contributed by atoms with E-state index in [4.69, 9.17) is 9.84 Å². The molecule has 16 heavy (non-hydrogen) atoms. The van der Waals surface area contributed by atoms with E-state index >= 15 is 0 Å². The second-order valence-electron chi connectivity index (χ2n) is 3.09. The summed E-state index contributed by atoms with van der Waals surface area (Å²) in [6.07, 6.45) is 0. The summed E-state index contributed by atoms with van der Waals surface area (Å²) in [5, 5.41) is 15.0. The molecule has 2 aromatic rings. The van der Waals surface area contributed by atoms with Crippen LogP contribution in [-0.2, 0) is 0 Å². The molecule has 0 radical (unpaired) electrons. The zero-order valence-corrected chi connectivity index (χ0v) is 8.35. The predicted molar refractivity (Wildman–Crippen MR) is 55.9 cm³/mol. The Morgan fingerprint density at radius 2 is 2.25 bits per heavy atom. The monoisotopic (exact) mass is 220 g/mol. The lowest BCUT2D eigenvalue weighted by atomic mass is 10.2. The van der Waals surface area contributed by atoms with Gasteiger partial charge in [-0.2, -0.15) is 5.10 Å². The van der Waals surface area contributed by atoms with Crippen LogP contribution in [0.25, 0.3) is 10.9 Å². The number of nitrogens with one attached hydrogen (secondary N) is 1. The van der Waals surface area contributed by atoms with E-state index in [0.29, 0.717) is 11.3 Å². The van der Waals surface area contributed by atoms with Crippen LogP contribution in [-0.4, -0.2) is 28.4 Å². The lowest BCUT2D eigenvalue weighted by molar-refractivity contribution is 0.0688. The summed E-state index contributed by atoms with van der Waals surface area (Å²) in [4.78, 5) is 22.4. The van der Waals surface area contributed by atoms with Gasteiger partial charge in [0.25, 0.3) is 0 Å². The van der Waals surface area contributed by atoms with Crippen LogP contribution in [0.4, 0.5) is 0 Å². The van der Waals surface area contributed by atoms with Crippen LogP contribution in [0.3, 0.4) is 0 Å². The van der Waals surface area contributed by atoms with Gasteiger partial charge in [-0.05, 0) is 12.1 Å². The van der Waals surface area contributed by atoms with E-state index in [-0.39, 0.29) is 5.39 Å². The number of aromatic carboxylic acids is 1. The third-order valence-electron chi connectivity index (χ3n) is 2.19. The van der Waals surface area contributed by atoms with Crippen molar-refractivity contribution in [3.8, 4) is 5.75 Å². The van der Waals surface area contributed by atoms with Crippen LogP contribution in [0.5, 0.6) is 5.75 Å². The molecule has 0 aliphatic heterocycles. The first-order valence-corrected chi connectivity index (χ1v) is 4.44. The number of nitrogens with zero attached hydrogens (tertiary/aromatic N) is 1. The summed E-state index contributed by atoms with van der Waals surface area (Å²) in [5.41, 5.74) is -0.763. The van der Waals surface area contributed by atoms with E-state index in [2.05, 4.69) is 10.2 Å². The van der Waals surface area contributed by atoms with E-state index in [1.54, 1.807) is 12.1 Å². The molecule has 0 saturated heterocycles. The smallest absolute Gasteiger partial charge is 0.360 e. The van der Waals surface area contributed by atoms with Gasteiger partial charge in [0.15, 0.2) is 0 Å². The standard InChI is InChI=1S/C10H8N2O4/c1-16-6-4-2-3-5-7(6)11-12-8(9(5)13)10(14)15/h2-4H,1H3,(H,11,13)(H,14,15). The first-order chi connectivity index (χ1) is 7.65. The summed E-state index contributed by atoms with van der Waals surface area (Å²) >= 11 is 0. The molecule has 0 saturated carbocycles. The highest BCUT2D eigenvalue weighted by molar-refractivity contribution is 5.91. The first kappa shape index (κ1) is 10.2. The third kappa shape index (κ3) is 1.40. The maximum Gasteiger partial charge on any atom is 0.360 e. The van der Waals surface area contributed by atoms with Crippen molar-refractivity contribution >= 4 is 16.9 Å². The number of fused-ring (bicyclic) bond motifs is 1. The highest BCUT2D eigenvalue weighted by atomic mass is 16.5. The van der Waals surface area contributed by atoms with Crippen molar-refractivity contribution in [1.82, 2.24) is 10.2 Å². The summed E-state index contributed by atoms with van der Waals surface area (Å²) < 4.78 is 5.03. The van der Waals surface area contributed by atoms with Crippen LogP contribution in [0.2, 0.25) is 0 Å². The molecule has 1 heterocycles. The molecule has 0 amide bonds. The van der Waals surface area contributed by atoms with Crippen molar-refractivity contribution in [2.45, 2.75) is 0 Å². The largest absolute Gasteiger partial charge is 0.494 e. The normalized spacial score (nSPS) is 10.3. The minimum Gasteiger partial charge on any atom is -0.494 e. The van der Waals surface area contributed by atoms with Crippen molar-refractivity contribution < 1.29 is 14.6 Å². The molecule has 0 fully saturated rings. The van der Waals surface area contributed by atoms with Gasteiger partial charge in [-0.3, -0.25) is 9.89 Å². The quantitative estimate of drug-likeness (QED) is 0.774. The second kappa shape index (κ2) is 3.65. The minimum atomic E-state index is -1.36. The lowest BCUT2D eigenvalue weighted by Crippen LogP contribution is -2.18. The molecule has 6 nitrogen and oxygen atoms in total. The molecule has 0 aliphatic rings. The molecule has 2 N–H and O–H groups in total. The Morgan fingerprint density at radius 1 is 1.50 bits per heavy atom. The van der Waals surface area contributed by atoms with Crippen molar-refractivity contribution in [1.29, 1.82) is 0 Å². The molecule has 0 spiro atoms. The number of carbonyl (C=O) groups is 1. The van der Waals surface area contributed by atoms with Crippen molar-refractivity contribution in [2.75, 3.05) is 7.11 Å². The average molecular weight is 220 g/mol. The number of hydrogen-bond donors (Lipinski definition) is 2. The van der Waals surface area contributed by atoms with Crippen LogP contribution in [0.1, 0.15) is 10.5 Å². The Morgan fingerprint density at radius 3 is 2.88 bits per heavy atom. The van der Waals surface area contributed by atoms with E-state index < -0.39 is 17.1 Å². The van der Waals surface area contributed by atoms with E-state index in [9.17, 15) is 9.59 Å². The Bertz CT molecular complexity index is 618. The number of carboxylic acids is 1. The molecule has 0 atom stereocenters. The number of aromatic amines is 1. The van der Waals surface area contributed by atoms with Crippen LogP contribution in [0.15, 0.2) is 23.0 Å². The number of H-pyrrole nitrogens is 1. The molecule has 82 valence electrons. The molecular formula is C10H8N2O4. The maximum atomic E-state index is 11.7. The van der Waals surface area contributed by atoms with Gasteiger partial charge in [-0.1, -0.05) is 6.07 Å². The van der Waals surface area contributed by atoms with Crippen molar-refractivity contribution in [3.63, 3.8) is 0 Å². The molecule has 0 aliphatic carbocycles. The highest BCUT2D eigenvalue weighted by Crippen LogP contribution is 2.19. The van der Waals surface area contributed by atoms with Gasteiger partial charge >= 0.3 is 5.97 Å². The summed E-state index contributed by atoms with van der Waals surface area (Å²) in [6.45, 7) is 0. The number of para-hydroxylation sites is 1. The molecule has 2 rings (SSSR count). The molecule has 0 unspecified atom stereocenters. The molecule has 1 aromatic carbocycles. The van der Waals surface area contributed by atoms with Gasteiger partial charge in [0, 0.05) is 0 Å². The second-order valence-corrected chi connectivity index (χ2v) is 3.09. The fraction of sp³-hybridized carbons (Fsp3) is 0.100. The Balaban J connectivity index is 2.87. The number of benzene rings is 1. The van der Waals surface area contributed by atoms with E-state index in [1.165, 1.54) is 13.2 Å². The topological polar surface area (TPSA) is 92.3 Å². The van der Waals surface area contributed by atoms with Gasteiger partial charge in [0.1, 0.15) is 11.3 Å². The predicted octanol–water partition coefficient (Wildman–Crippen LogP) is 0.630. The molecule has 1 aromatic heterocycles. The van der Waals surface area contributed by atoms with E-state index in [0.717, 1.165) is 0 Å². The first-order valence-electron chi connectivity index (χ1n) is 4.44. The fourth-order valence-electron chi connectivity index (χ4n) is 1.44.